The lowest BCUT2D eigenvalue weighted by Gasteiger charge is -2.23. The van der Waals surface area contributed by atoms with Gasteiger partial charge in [0.25, 0.3) is 5.95 Å². The molecule has 0 amide bonds. The number of aliphatic imine (C=N–C) groups is 1. The van der Waals surface area contributed by atoms with Crippen molar-refractivity contribution in [1.29, 1.82) is 0 Å². The summed E-state index contributed by atoms with van der Waals surface area (Å²) < 4.78 is 14.4. The monoisotopic (exact) mass is 409 g/mol. The molecule has 1 unspecified atom stereocenters. The molecule has 0 spiro atoms. The number of aromatic nitrogens is 3. The quantitative estimate of drug-likeness (QED) is 0.361. The van der Waals surface area contributed by atoms with Gasteiger partial charge in [0.05, 0.1) is 18.5 Å². The zero-order chi connectivity index (χ0) is 19.3. The van der Waals surface area contributed by atoms with Crippen LogP contribution in [0.2, 0.25) is 5.15 Å². The molecule has 3 heterocycles. The molecule has 2 aliphatic rings. The Balaban J connectivity index is 1.85. The normalized spacial score (nSPS) is 29.5. The van der Waals surface area contributed by atoms with Crippen LogP contribution in [0, 0.1) is 5.92 Å². The van der Waals surface area contributed by atoms with Gasteiger partial charge in [-0.3, -0.25) is 9.36 Å². The number of ether oxygens (including phenoxy) is 2. The summed E-state index contributed by atoms with van der Waals surface area (Å²) in [7, 11) is 1.72. The number of rotatable bonds is 4. The molecule has 0 bridgehead atoms. The van der Waals surface area contributed by atoms with E-state index in [-0.39, 0.29) is 40.1 Å². The third-order valence-corrected chi connectivity index (χ3v) is 6.17. The molecule has 0 aromatic carbocycles. The Bertz CT molecular complexity index is 985. The molecule has 27 heavy (non-hydrogen) atoms. The summed E-state index contributed by atoms with van der Waals surface area (Å²) in [6, 6.07) is -0.229. The number of thiazole rings is 1. The van der Waals surface area contributed by atoms with E-state index in [1.54, 1.807) is 11.6 Å². The summed E-state index contributed by atoms with van der Waals surface area (Å²) >= 11 is 7.31. The first-order valence-corrected chi connectivity index (χ1v) is 9.80. The largest absolute Gasteiger partial charge is 0.379 e. The fourth-order valence-corrected chi connectivity index (χ4v) is 4.96. The van der Waals surface area contributed by atoms with E-state index in [1.165, 1.54) is 6.34 Å². The van der Waals surface area contributed by atoms with Crippen molar-refractivity contribution >= 4 is 45.6 Å². The highest BCUT2D eigenvalue weighted by Crippen LogP contribution is 2.47. The van der Waals surface area contributed by atoms with Crippen molar-refractivity contribution in [3.05, 3.63) is 27.5 Å². The van der Waals surface area contributed by atoms with Gasteiger partial charge < -0.3 is 14.8 Å². The van der Waals surface area contributed by atoms with Crippen molar-refractivity contribution in [2.24, 2.45) is 10.9 Å². The van der Waals surface area contributed by atoms with Crippen LogP contribution in [0.15, 0.2) is 22.4 Å². The van der Waals surface area contributed by atoms with Gasteiger partial charge in [-0.15, -0.1) is 6.58 Å². The van der Waals surface area contributed by atoms with E-state index >= 15 is 0 Å². The van der Waals surface area contributed by atoms with Crippen LogP contribution in [0.4, 0.5) is 5.95 Å². The first-order chi connectivity index (χ1) is 12.8. The van der Waals surface area contributed by atoms with E-state index in [0.717, 1.165) is 11.3 Å². The maximum absolute atomic E-state index is 12.8. The Hall–Kier alpha value is -1.81. The van der Waals surface area contributed by atoms with Crippen molar-refractivity contribution in [1.82, 2.24) is 19.9 Å². The van der Waals surface area contributed by atoms with Crippen molar-refractivity contribution in [3.8, 4) is 0 Å². The molecule has 4 atom stereocenters. The van der Waals surface area contributed by atoms with Gasteiger partial charge >= 0.3 is 4.87 Å². The third-order valence-electron chi connectivity index (χ3n) is 4.83. The molecule has 4 rings (SSSR count). The fraction of sp³-hybridized carbons (Fsp3) is 0.529. The lowest BCUT2D eigenvalue weighted by atomic mass is 10.1. The van der Waals surface area contributed by atoms with Crippen LogP contribution in [-0.2, 0) is 9.47 Å². The molecule has 0 radical (unpaired) electrons. The molecular weight excluding hydrogens is 390 g/mol. The standard InChI is InChI=1S/C17H20ClN5O3S/c1-5-8-6-9(11-10(8)25-17(2,3)26-11)23-14-12(27-16(23)24)13(18)21-15(22-14)20-7-19-4/h5,7-11H,1,6H2,2-4H3,(H,19,20,21,22)/t8-,9?,10+,11-/m0/s1. The number of nitrogens with one attached hydrogen (secondary N) is 1. The summed E-state index contributed by atoms with van der Waals surface area (Å²) in [5, 5.41) is 2.99. The van der Waals surface area contributed by atoms with Crippen molar-refractivity contribution in [2.45, 2.75) is 44.3 Å². The Morgan fingerprint density at radius 1 is 1.41 bits per heavy atom. The summed E-state index contributed by atoms with van der Waals surface area (Å²) in [5.41, 5.74) is 0.468. The van der Waals surface area contributed by atoms with Gasteiger partial charge in [0.1, 0.15) is 10.8 Å². The average Bonchev–Trinajstić information content (AvgIpc) is 3.21. The van der Waals surface area contributed by atoms with Gasteiger partial charge in [0, 0.05) is 13.0 Å². The molecule has 2 fully saturated rings. The van der Waals surface area contributed by atoms with Crippen LogP contribution in [-0.4, -0.2) is 45.9 Å². The van der Waals surface area contributed by atoms with Crippen LogP contribution < -0.4 is 10.2 Å². The van der Waals surface area contributed by atoms with E-state index in [1.807, 2.05) is 19.9 Å². The first-order valence-electron chi connectivity index (χ1n) is 8.61. The van der Waals surface area contributed by atoms with Crippen LogP contribution in [0.25, 0.3) is 10.3 Å². The molecule has 2 aromatic heterocycles. The highest BCUT2D eigenvalue weighted by molar-refractivity contribution is 7.17. The molecule has 10 heteroatoms. The van der Waals surface area contributed by atoms with Crippen LogP contribution >= 0.6 is 22.9 Å². The zero-order valence-corrected chi connectivity index (χ0v) is 16.8. The molecule has 1 aliphatic heterocycles. The van der Waals surface area contributed by atoms with E-state index in [0.29, 0.717) is 16.8 Å². The first kappa shape index (κ1) is 18.5. The van der Waals surface area contributed by atoms with E-state index in [2.05, 4.69) is 26.9 Å². The predicted molar refractivity (Wildman–Crippen MR) is 105 cm³/mol. The Morgan fingerprint density at radius 2 is 2.15 bits per heavy atom. The van der Waals surface area contributed by atoms with Gasteiger partial charge in [-0.25, -0.2) is 4.99 Å². The molecule has 144 valence electrons. The average molecular weight is 410 g/mol. The lowest BCUT2D eigenvalue weighted by Crippen LogP contribution is -2.31. The van der Waals surface area contributed by atoms with Gasteiger partial charge in [0.2, 0.25) is 0 Å². The second-order valence-corrected chi connectivity index (χ2v) is 8.34. The minimum Gasteiger partial charge on any atom is -0.379 e. The highest BCUT2D eigenvalue weighted by atomic mass is 35.5. The van der Waals surface area contributed by atoms with Gasteiger partial charge in [0.15, 0.2) is 16.6 Å². The molecule has 2 aromatic rings. The summed E-state index contributed by atoms with van der Waals surface area (Å²) in [5.74, 6) is -0.436. The van der Waals surface area contributed by atoms with Gasteiger partial charge in [-0.1, -0.05) is 29.0 Å². The van der Waals surface area contributed by atoms with Crippen molar-refractivity contribution in [2.75, 3.05) is 7.05 Å². The Morgan fingerprint density at radius 3 is 2.85 bits per heavy atom. The topological polar surface area (TPSA) is 90.6 Å². The van der Waals surface area contributed by atoms with Crippen molar-refractivity contribution < 1.29 is 9.47 Å². The van der Waals surface area contributed by atoms with Crippen LogP contribution in [0.1, 0.15) is 26.3 Å². The molecule has 1 aliphatic carbocycles. The smallest absolute Gasteiger partial charge is 0.309 e. The molecule has 1 saturated carbocycles. The molecular formula is C17H20ClN5O3S. The highest BCUT2D eigenvalue weighted by Gasteiger charge is 2.54. The van der Waals surface area contributed by atoms with E-state index in [9.17, 15) is 4.79 Å². The minimum atomic E-state index is -0.709. The van der Waals surface area contributed by atoms with E-state index in [4.69, 9.17) is 21.1 Å². The predicted octanol–water partition coefficient (Wildman–Crippen LogP) is 2.65. The van der Waals surface area contributed by atoms with Gasteiger partial charge in [-0.2, -0.15) is 9.97 Å². The second-order valence-electron chi connectivity index (χ2n) is 7.02. The summed E-state index contributed by atoms with van der Waals surface area (Å²) in [6.07, 6.45) is 3.59. The fourth-order valence-electron chi connectivity index (χ4n) is 3.82. The second kappa shape index (κ2) is 6.66. The number of hydrogen-bond acceptors (Lipinski definition) is 7. The number of hydrogen-bond donors (Lipinski definition) is 1. The zero-order valence-electron chi connectivity index (χ0n) is 15.2. The summed E-state index contributed by atoms with van der Waals surface area (Å²) in [6.45, 7) is 7.67. The number of halogens is 1. The number of nitrogens with zero attached hydrogens (tertiary/aromatic N) is 4. The molecule has 1 saturated heterocycles. The van der Waals surface area contributed by atoms with Crippen LogP contribution in [0.5, 0.6) is 0 Å². The van der Waals surface area contributed by atoms with Gasteiger partial charge in [-0.05, 0) is 20.3 Å². The maximum atomic E-state index is 12.8. The Labute approximate surface area is 164 Å². The van der Waals surface area contributed by atoms with Crippen molar-refractivity contribution in [3.63, 3.8) is 0 Å². The van der Waals surface area contributed by atoms with E-state index < -0.39 is 5.79 Å². The summed E-state index contributed by atoms with van der Waals surface area (Å²) in [4.78, 5) is 25.4. The van der Waals surface area contributed by atoms with Crippen LogP contribution in [0.3, 0.4) is 0 Å². The molecule has 8 nitrogen and oxygen atoms in total. The Kier molecular flexibility index (Phi) is 4.58. The maximum Gasteiger partial charge on any atom is 0.309 e. The third kappa shape index (κ3) is 3.08. The number of fused-ring (bicyclic) bond motifs is 2. The lowest BCUT2D eigenvalue weighted by molar-refractivity contribution is -0.158. The minimum absolute atomic E-state index is 0.0858. The molecule has 1 N–H and O–H groups in total. The SMILES string of the molecule is C=C[C@H]1CC(n2c(=O)sc3c(Cl)nc(/N=C/NC)nc32)[C@@H]2OC(C)(C)O[C@H]12.